The van der Waals surface area contributed by atoms with Crippen LogP contribution in [0.5, 0.6) is 0 Å². The molecule has 5 nitrogen and oxygen atoms in total. The molecule has 0 bridgehead atoms. The third kappa shape index (κ3) is 5.52. The van der Waals surface area contributed by atoms with Gasteiger partial charge in [0.05, 0.1) is 16.9 Å². The minimum absolute atomic E-state index is 0.0498. The molecule has 0 spiro atoms. The number of benzene rings is 2. The van der Waals surface area contributed by atoms with Crippen molar-refractivity contribution in [2.45, 2.75) is 16.7 Å². The van der Waals surface area contributed by atoms with Crippen LogP contribution in [0.4, 0.5) is 0 Å². The first kappa shape index (κ1) is 18.8. The summed E-state index contributed by atoms with van der Waals surface area (Å²) in [5.41, 5.74) is 1.03. The fraction of sp³-hybridized carbons (Fsp3) is 0.188. The van der Waals surface area contributed by atoms with Gasteiger partial charge in [0.25, 0.3) is 0 Å². The zero-order valence-corrected chi connectivity index (χ0v) is 14.9. The minimum atomic E-state index is -3.96. The largest absolute Gasteiger partial charge is 0.548 e. The summed E-state index contributed by atoms with van der Waals surface area (Å²) in [6.07, 6.45) is 0. The Bertz CT molecular complexity index is 779. The summed E-state index contributed by atoms with van der Waals surface area (Å²) in [6.45, 7) is 0. The van der Waals surface area contributed by atoms with E-state index in [1.54, 1.807) is 0 Å². The van der Waals surface area contributed by atoms with Crippen molar-refractivity contribution >= 4 is 39.4 Å². The van der Waals surface area contributed by atoms with E-state index in [1.165, 1.54) is 36.0 Å². The predicted molar refractivity (Wildman–Crippen MR) is 93.2 cm³/mol. The van der Waals surface area contributed by atoms with Crippen molar-refractivity contribution in [2.24, 2.45) is 0 Å². The molecule has 0 heterocycles. The van der Waals surface area contributed by atoms with Crippen molar-refractivity contribution < 1.29 is 18.3 Å². The number of nitrogens with one attached hydrogen (secondary N) is 1. The summed E-state index contributed by atoms with van der Waals surface area (Å²) in [5.74, 6) is -0.828. The minimum Gasteiger partial charge on any atom is -0.548 e. The van der Waals surface area contributed by atoms with Crippen LogP contribution in [-0.4, -0.2) is 26.2 Å². The number of halogens is 1. The highest BCUT2D eigenvalue weighted by atomic mass is 35.5. The Morgan fingerprint density at radius 1 is 1.12 bits per heavy atom. The summed E-state index contributed by atoms with van der Waals surface area (Å²) in [4.78, 5) is 11.2. The SMILES string of the molecule is O=C([O-])[C@@H](CSCc1ccccc1)NS(=O)(=O)c1ccc(Cl)cc1. The zero-order valence-electron chi connectivity index (χ0n) is 12.5. The van der Waals surface area contributed by atoms with Crippen LogP contribution in [0, 0.1) is 0 Å². The number of sulfonamides is 1. The van der Waals surface area contributed by atoms with Crippen LogP contribution in [0.2, 0.25) is 5.02 Å². The normalized spacial score (nSPS) is 12.7. The number of carboxylic acids is 1. The molecule has 2 aromatic carbocycles. The predicted octanol–water partition coefficient (Wildman–Crippen LogP) is 1.67. The molecule has 0 aliphatic heterocycles. The van der Waals surface area contributed by atoms with Gasteiger partial charge in [0, 0.05) is 16.5 Å². The second-order valence-corrected chi connectivity index (χ2v) is 8.13. The molecule has 1 N–H and O–H groups in total. The lowest BCUT2D eigenvalue weighted by atomic mass is 10.2. The van der Waals surface area contributed by atoms with Gasteiger partial charge in [-0.1, -0.05) is 41.9 Å². The van der Waals surface area contributed by atoms with Crippen LogP contribution in [0.15, 0.2) is 59.5 Å². The molecule has 0 saturated heterocycles. The number of carbonyl (C=O) groups excluding carboxylic acids is 1. The van der Waals surface area contributed by atoms with Gasteiger partial charge >= 0.3 is 0 Å². The lowest BCUT2D eigenvalue weighted by Gasteiger charge is -2.19. The number of carbonyl (C=O) groups is 1. The van der Waals surface area contributed by atoms with Crippen LogP contribution in [-0.2, 0) is 20.6 Å². The third-order valence-electron chi connectivity index (χ3n) is 3.10. The topological polar surface area (TPSA) is 86.3 Å². The van der Waals surface area contributed by atoms with Gasteiger partial charge in [0.15, 0.2) is 0 Å². The van der Waals surface area contributed by atoms with Gasteiger partial charge < -0.3 is 9.90 Å². The van der Waals surface area contributed by atoms with E-state index in [1.807, 2.05) is 30.3 Å². The molecule has 0 radical (unpaired) electrons. The molecule has 1 atom stereocenters. The number of hydrogen-bond acceptors (Lipinski definition) is 5. The average Bonchev–Trinajstić information content (AvgIpc) is 2.55. The molecule has 0 aromatic heterocycles. The monoisotopic (exact) mass is 384 g/mol. The summed E-state index contributed by atoms with van der Waals surface area (Å²) < 4.78 is 26.6. The number of aliphatic carboxylic acids is 1. The van der Waals surface area contributed by atoms with Gasteiger partial charge in [0.2, 0.25) is 10.0 Å². The van der Waals surface area contributed by atoms with Crippen LogP contribution in [0.1, 0.15) is 5.56 Å². The molecular formula is C16H15ClNO4S2-. The van der Waals surface area contributed by atoms with Crippen molar-refractivity contribution in [1.29, 1.82) is 0 Å². The Labute approximate surface area is 150 Å². The lowest BCUT2D eigenvalue weighted by Crippen LogP contribution is -2.49. The summed E-state index contributed by atoms with van der Waals surface area (Å²) in [6, 6.07) is 13.6. The van der Waals surface area contributed by atoms with Crippen LogP contribution >= 0.6 is 23.4 Å². The number of rotatable bonds is 8. The Morgan fingerprint density at radius 3 is 2.33 bits per heavy atom. The molecule has 8 heteroatoms. The van der Waals surface area contributed by atoms with Gasteiger partial charge in [-0.15, -0.1) is 0 Å². The van der Waals surface area contributed by atoms with E-state index in [4.69, 9.17) is 11.6 Å². The van der Waals surface area contributed by atoms with E-state index in [0.717, 1.165) is 5.56 Å². The smallest absolute Gasteiger partial charge is 0.241 e. The Morgan fingerprint density at radius 2 is 1.75 bits per heavy atom. The first-order valence-corrected chi connectivity index (χ1v) is 10.0. The highest BCUT2D eigenvalue weighted by Gasteiger charge is 2.21. The second kappa shape index (κ2) is 8.53. The van der Waals surface area contributed by atoms with E-state index in [9.17, 15) is 18.3 Å². The maximum atomic E-state index is 12.2. The fourth-order valence-electron chi connectivity index (χ4n) is 1.89. The Kier molecular flexibility index (Phi) is 6.68. The van der Waals surface area contributed by atoms with E-state index in [0.29, 0.717) is 10.8 Å². The van der Waals surface area contributed by atoms with E-state index >= 15 is 0 Å². The van der Waals surface area contributed by atoms with Crippen LogP contribution in [0.25, 0.3) is 0 Å². The van der Waals surface area contributed by atoms with Gasteiger partial charge in [-0.3, -0.25) is 0 Å². The van der Waals surface area contributed by atoms with E-state index in [-0.39, 0.29) is 10.6 Å². The first-order valence-electron chi connectivity index (χ1n) is 6.99. The quantitative estimate of drug-likeness (QED) is 0.748. The standard InChI is InChI=1S/C16H16ClNO4S2/c17-13-6-8-14(9-7-13)24(21,22)18-15(16(19)20)11-23-10-12-4-2-1-3-5-12/h1-9,15,18H,10-11H2,(H,19,20)/p-1/t15-/m1/s1. The molecule has 0 saturated carbocycles. The highest BCUT2D eigenvalue weighted by Crippen LogP contribution is 2.16. The van der Waals surface area contributed by atoms with Crippen molar-refractivity contribution in [3.05, 3.63) is 65.2 Å². The highest BCUT2D eigenvalue weighted by molar-refractivity contribution is 7.98. The van der Waals surface area contributed by atoms with E-state index < -0.39 is 22.0 Å². The number of carboxylic acid groups (broad SMARTS) is 1. The maximum absolute atomic E-state index is 12.2. The maximum Gasteiger partial charge on any atom is 0.241 e. The molecule has 128 valence electrons. The van der Waals surface area contributed by atoms with Gasteiger partial charge in [0.1, 0.15) is 0 Å². The first-order chi connectivity index (χ1) is 11.4. The van der Waals surface area contributed by atoms with Crippen molar-refractivity contribution in [1.82, 2.24) is 4.72 Å². The summed E-state index contributed by atoms with van der Waals surface area (Å²) >= 11 is 7.03. The molecule has 0 amide bonds. The molecule has 2 rings (SSSR count). The van der Waals surface area contributed by atoms with Crippen molar-refractivity contribution in [3.8, 4) is 0 Å². The lowest BCUT2D eigenvalue weighted by molar-refractivity contribution is -0.307. The molecule has 0 fully saturated rings. The van der Waals surface area contributed by atoms with E-state index in [2.05, 4.69) is 4.72 Å². The average molecular weight is 385 g/mol. The van der Waals surface area contributed by atoms with Crippen LogP contribution in [0.3, 0.4) is 0 Å². The van der Waals surface area contributed by atoms with Gasteiger partial charge in [-0.25, -0.2) is 13.1 Å². The molecule has 24 heavy (non-hydrogen) atoms. The number of hydrogen-bond donors (Lipinski definition) is 1. The third-order valence-corrected chi connectivity index (χ3v) is 5.95. The molecule has 0 unspecified atom stereocenters. The number of thioether (sulfide) groups is 1. The zero-order chi connectivity index (χ0) is 17.6. The summed E-state index contributed by atoms with van der Waals surface area (Å²) in [7, 11) is -3.96. The molecule has 2 aromatic rings. The van der Waals surface area contributed by atoms with Gasteiger partial charge in [-0.2, -0.15) is 11.8 Å². The Hall–Kier alpha value is -1.54. The van der Waals surface area contributed by atoms with Crippen molar-refractivity contribution in [2.75, 3.05) is 5.75 Å². The Balaban J connectivity index is 2.00. The summed E-state index contributed by atoms with van der Waals surface area (Å²) in [5, 5.41) is 11.6. The second-order valence-electron chi connectivity index (χ2n) is 4.95. The molecule has 0 aliphatic carbocycles. The molecule has 0 aliphatic rings. The van der Waals surface area contributed by atoms with Gasteiger partial charge in [-0.05, 0) is 29.8 Å². The fourth-order valence-corrected chi connectivity index (χ4v) is 4.31. The molecular weight excluding hydrogens is 370 g/mol. The van der Waals surface area contributed by atoms with Crippen molar-refractivity contribution in [3.63, 3.8) is 0 Å². The van der Waals surface area contributed by atoms with Crippen LogP contribution < -0.4 is 9.83 Å².